The molecule has 2 heterocycles. The minimum atomic E-state index is -3.58. The number of carbonyl (C=O) groups is 1. The topological polar surface area (TPSA) is 96.6 Å². The maximum atomic E-state index is 15.7. The van der Waals surface area contributed by atoms with Crippen LogP contribution >= 0.6 is 11.8 Å². The van der Waals surface area contributed by atoms with Gasteiger partial charge in [-0.25, -0.2) is 17.6 Å². The van der Waals surface area contributed by atoms with E-state index in [1.165, 1.54) is 44.5 Å². The zero-order valence-electron chi connectivity index (χ0n) is 22.6. The van der Waals surface area contributed by atoms with Crippen LogP contribution in [-0.2, 0) is 21.6 Å². The molecule has 3 atom stereocenters. The van der Waals surface area contributed by atoms with Crippen LogP contribution < -0.4 is 10.1 Å². The van der Waals surface area contributed by atoms with E-state index < -0.39 is 39.7 Å². The second-order valence-corrected chi connectivity index (χ2v) is 11.2. The molecule has 1 unspecified atom stereocenters. The lowest BCUT2D eigenvalue weighted by molar-refractivity contribution is -0.143. The van der Waals surface area contributed by atoms with Crippen molar-refractivity contribution in [2.24, 2.45) is 10.9 Å². The molecule has 2 aliphatic rings. The Morgan fingerprint density at radius 1 is 1.19 bits per heavy atom. The van der Waals surface area contributed by atoms with Crippen molar-refractivity contribution in [3.8, 4) is 11.8 Å². The number of nitrogens with one attached hydrogen (secondary N) is 1. The Balaban J connectivity index is 1.55. The summed E-state index contributed by atoms with van der Waals surface area (Å²) >= 11 is 0.556. The van der Waals surface area contributed by atoms with Gasteiger partial charge in [0, 0.05) is 11.8 Å². The van der Waals surface area contributed by atoms with E-state index in [4.69, 9.17) is 14.7 Å². The number of halogens is 4. The van der Waals surface area contributed by atoms with Crippen LogP contribution in [0.1, 0.15) is 34.9 Å². The molecule has 0 bridgehead atoms. The van der Waals surface area contributed by atoms with Gasteiger partial charge in [0.05, 0.1) is 43.5 Å². The molecule has 7 nitrogen and oxygen atoms in total. The number of fused-ring (bicyclic) bond motifs is 1. The van der Waals surface area contributed by atoms with Crippen molar-refractivity contribution >= 4 is 34.8 Å². The SMILES string of the molecule is COC(=O)[C@@]12SC(=NCc3ccc(OC)cc3)N[C@](C)(c3cc(/C=C(\F)c4ccc(C#N)cn4)ccc3F)C1C2(F)F. The molecule has 2 aromatic carbocycles. The molecule has 3 aromatic rings. The van der Waals surface area contributed by atoms with E-state index in [0.29, 0.717) is 17.5 Å². The molecule has 216 valence electrons. The van der Waals surface area contributed by atoms with E-state index in [1.54, 1.807) is 24.3 Å². The number of pyridine rings is 1. The van der Waals surface area contributed by atoms with Crippen LogP contribution in [0.5, 0.6) is 5.75 Å². The van der Waals surface area contributed by atoms with Gasteiger partial charge >= 0.3 is 5.97 Å². The maximum absolute atomic E-state index is 15.7. The number of benzene rings is 2. The number of amidine groups is 1. The number of rotatable bonds is 7. The highest BCUT2D eigenvalue weighted by molar-refractivity contribution is 8.16. The Morgan fingerprint density at radius 2 is 1.93 bits per heavy atom. The number of thioether (sulfide) groups is 1. The molecule has 0 spiro atoms. The fourth-order valence-electron chi connectivity index (χ4n) is 5.24. The molecule has 2 fully saturated rings. The minimum absolute atomic E-state index is 0.000418. The molecule has 1 N–H and O–H groups in total. The average molecular weight is 597 g/mol. The van der Waals surface area contributed by atoms with Gasteiger partial charge in [0.1, 0.15) is 23.5 Å². The fourth-order valence-corrected chi connectivity index (χ4v) is 6.80. The van der Waals surface area contributed by atoms with Gasteiger partial charge in [-0.1, -0.05) is 30.0 Å². The van der Waals surface area contributed by atoms with Gasteiger partial charge in [-0.3, -0.25) is 14.8 Å². The Kier molecular flexibility index (Phi) is 7.49. The molecule has 5 rings (SSSR count). The summed E-state index contributed by atoms with van der Waals surface area (Å²) in [5.74, 6) is -7.42. The van der Waals surface area contributed by atoms with Crippen LogP contribution in [0.3, 0.4) is 0 Å². The normalized spacial score (nSPS) is 25.1. The number of alkyl halides is 2. The van der Waals surface area contributed by atoms with Crippen LogP contribution in [0.4, 0.5) is 17.6 Å². The monoisotopic (exact) mass is 596 g/mol. The summed E-state index contributed by atoms with van der Waals surface area (Å²) in [5.41, 5.74) is -0.947. The summed E-state index contributed by atoms with van der Waals surface area (Å²) in [6.07, 6.45) is 2.29. The van der Waals surface area contributed by atoms with E-state index in [1.807, 2.05) is 6.07 Å². The van der Waals surface area contributed by atoms with Gasteiger partial charge in [0.2, 0.25) is 0 Å². The number of nitriles is 1. The van der Waals surface area contributed by atoms with Crippen molar-refractivity contribution in [1.29, 1.82) is 5.26 Å². The largest absolute Gasteiger partial charge is 0.497 e. The van der Waals surface area contributed by atoms with Gasteiger partial charge in [-0.2, -0.15) is 5.26 Å². The number of esters is 1. The number of aliphatic imine (C=N–C) groups is 1. The molecular formula is C30H24F4N4O3S. The Labute approximate surface area is 243 Å². The fraction of sp³-hybridized carbons (Fsp3) is 0.267. The smallest absolute Gasteiger partial charge is 0.329 e. The molecule has 1 saturated heterocycles. The van der Waals surface area contributed by atoms with Crippen molar-refractivity contribution in [2.45, 2.75) is 29.7 Å². The van der Waals surface area contributed by atoms with Gasteiger partial charge in [0.15, 0.2) is 9.91 Å². The predicted molar refractivity (Wildman–Crippen MR) is 150 cm³/mol. The third kappa shape index (κ3) is 4.77. The lowest BCUT2D eigenvalue weighted by Crippen LogP contribution is -2.52. The Hall–Kier alpha value is -4.37. The first-order valence-corrected chi connectivity index (χ1v) is 13.5. The standard InChI is InChI=1S/C30H24F4N4O3S/c1-28(21-12-18(6-10-22(21)31)13-23(32)24-11-7-19(14-35)16-36-24)25-29(26(39)41-3,30(25,33)34)42-27(38-28)37-15-17-4-8-20(40-2)9-5-17/h4-13,16,25H,15H2,1-3H3,(H,37,38)/b23-13-/t25?,28-,29+/m1/s1. The van der Waals surface area contributed by atoms with Crippen LogP contribution in [0.2, 0.25) is 0 Å². The summed E-state index contributed by atoms with van der Waals surface area (Å²) < 4.78 is 69.4. The molecule has 1 aliphatic carbocycles. The first-order chi connectivity index (χ1) is 20.0. The first kappa shape index (κ1) is 29.1. The van der Waals surface area contributed by atoms with Crippen LogP contribution in [0, 0.1) is 23.1 Å². The quantitative estimate of drug-likeness (QED) is 0.270. The lowest BCUT2D eigenvalue weighted by Gasteiger charge is -2.38. The lowest BCUT2D eigenvalue weighted by atomic mass is 9.84. The highest BCUT2D eigenvalue weighted by Crippen LogP contribution is 2.74. The van der Waals surface area contributed by atoms with Crippen LogP contribution in [-0.4, -0.2) is 41.0 Å². The number of hydrogen-bond donors (Lipinski definition) is 1. The summed E-state index contributed by atoms with van der Waals surface area (Å²) in [4.78, 5) is 21.2. The van der Waals surface area contributed by atoms with Gasteiger partial charge in [-0.15, -0.1) is 0 Å². The van der Waals surface area contributed by atoms with Crippen LogP contribution in [0.25, 0.3) is 11.9 Å². The molecule has 1 saturated carbocycles. The van der Waals surface area contributed by atoms with Gasteiger partial charge in [0.25, 0.3) is 5.92 Å². The molecule has 42 heavy (non-hydrogen) atoms. The summed E-state index contributed by atoms with van der Waals surface area (Å²) in [5, 5.41) is 11.9. The van der Waals surface area contributed by atoms with E-state index in [2.05, 4.69) is 15.3 Å². The Bertz CT molecular complexity index is 1640. The number of aromatic nitrogens is 1. The zero-order valence-corrected chi connectivity index (χ0v) is 23.4. The second kappa shape index (κ2) is 10.8. The molecule has 1 aliphatic heterocycles. The Morgan fingerprint density at radius 3 is 2.55 bits per heavy atom. The number of ether oxygens (including phenoxy) is 2. The molecule has 12 heteroatoms. The third-order valence-electron chi connectivity index (χ3n) is 7.42. The minimum Gasteiger partial charge on any atom is -0.497 e. The molecule has 0 radical (unpaired) electrons. The summed E-state index contributed by atoms with van der Waals surface area (Å²) in [7, 11) is 2.54. The molecule has 1 aromatic heterocycles. The average Bonchev–Trinajstić information content (AvgIpc) is 3.53. The maximum Gasteiger partial charge on any atom is 0.329 e. The highest BCUT2D eigenvalue weighted by Gasteiger charge is 2.92. The van der Waals surface area contributed by atoms with E-state index in [0.717, 1.165) is 24.8 Å². The second-order valence-electron chi connectivity index (χ2n) is 9.96. The molecule has 0 amide bonds. The third-order valence-corrected chi connectivity index (χ3v) is 8.84. The van der Waals surface area contributed by atoms with Crippen molar-refractivity contribution in [1.82, 2.24) is 10.3 Å². The van der Waals surface area contributed by atoms with Crippen molar-refractivity contribution in [2.75, 3.05) is 14.2 Å². The summed E-state index contributed by atoms with van der Waals surface area (Å²) in [6, 6.07) is 15.2. The van der Waals surface area contributed by atoms with Gasteiger partial charge in [-0.05, 0) is 60.5 Å². The first-order valence-electron chi connectivity index (χ1n) is 12.6. The zero-order chi connectivity index (χ0) is 30.3. The number of carbonyl (C=O) groups excluding carboxylic acids is 1. The highest BCUT2D eigenvalue weighted by atomic mass is 32.2. The summed E-state index contributed by atoms with van der Waals surface area (Å²) in [6.45, 7) is 1.44. The number of methoxy groups -OCH3 is 2. The van der Waals surface area contributed by atoms with Crippen molar-refractivity contribution < 1.29 is 31.8 Å². The van der Waals surface area contributed by atoms with E-state index in [9.17, 15) is 4.79 Å². The molecular weight excluding hydrogens is 572 g/mol. The van der Waals surface area contributed by atoms with Crippen molar-refractivity contribution in [3.05, 3.63) is 94.6 Å². The predicted octanol–water partition coefficient (Wildman–Crippen LogP) is 5.85. The number of nitrogens with zero attached hydrogens (tertiary/aromatic N) is 3. The van der Waals surface area contributed by atoms with E-state index in [-0.39, 0.29) is 34.1 Å². The van der Waals surface area contributed by atoms with E-state index >= 15 is 17.6 Å². The van der Waals surface area contributed by atoms with Gasteiger partial charge < -0.3 is 14.8 Å². The van der Waals surface area contributed by atoms with Crippen LogP contribution in [0.15, 0.2) is 65.8 Å². The number of hydrogen-bond acceptors (Lipinski definition) is 7. The van der Waals surface area contributed by atoms with Crippen molar-refractivity contribution in [3.63, 3.8) is 0 Å².